The first kappa shape index (κ1) is 13.5. The van der Waals surface area contributed by atoms with Gasteiger partial charge in [-0.3, -0.25) is 4.90 Å². The zero-order valence-corrected chi connectivity index (χ0v) is 11.1. The van der Waals surface area contributed by atoms with Crippen LogP contribution in [0, 0.1) is 5.82 Å². The lowest BCUT2D eigenvalue weighted by Gasteiger charge is -2.17. The number of nitrogens with one attached hydrogen (secondary N) is 1. The lowest BCUT2D eigenvalue weighted by atomic mass is 10.3. The van der Waals surface area contributed by atoms with Crippen LogP contribution in [-0.2, 0) is 6.54 Å². The fraction of sp³-hybridized carbons (Fsp3) is 0.385. The van der Waals surface area contributed by atoms with Crippen molar-refractivity contribution < 1.29 is 8.81 Å². The molecule has 1 heterocycles. The largest absolute Gasteiger partial charge is 0.406 e. The van der Waals surface area contributed by atoms with Crippen LogP contribution in [-0.4, -0.2) is 23.3 Å². The lowest BCUT2D eigenvalue weighted by molar-refractivity contribution is 0.473. The minimum absolute atomic E-state index is 0.266. The van der Waals surface area contributed by atoms with Crippen LogP contribution in [0.15, 0.2) is 28.7 Å². The van der Waals surface area contributed by atoms with E-state index in [1.165, 1.54) is 12.1 Å². The van der Waals surface area contributed by atoms with Gasteiger partial charge in [0.2, 0.25) is 5.89 Å². The number of anilines is 2. The Morgan fingerprint density at radius 3 is 2.58 bits per heavy atom. The summed E-state index contributed by atoms with van der Waals surface area (Å²) in [6, 6.07) is 6.61. The number of hydrogen-bond acceptors (Lipinski definition) is 5. The first-order valence-corrected chi connectivity index (χ1v) is 6.30. The van der Waals surface area contributed by atoms with Crippen molar-refractivity contribution in [3.05, 3.63) is 36.0 Å². The molecule has 0 fully saturated rings. The third kappa shape index (κ3) is 3.29. The van der Waals surface area contributed by atoms with E-state index < -0.39 is 0 Å². The Morgan fingerprint density at radius 1 is 1.21 bits per heavy atom. The molecule has 1 N–H and O–H groups in total. The molecule has 0 aliphatic rings. The summed E-state index contributed by atoms with van der Waals surface area (Å²) in [5.41, 5.74) is 0.822. The van der Waals surface area contributed by atoms with Crippen LogP contribution in [0.25, 0.3) is 0 Å². The second kappa shape index (κ2) is 6.29. The van der Waals surface area contributed by atoms with Gasteiger partial charge in [0, 0.05) is 12.2 Å². The summed E-state index contributed by atoms with van der Waals surface area (Å²) >= 11 is 0. The Kier molecular flexibility index (Phi) is 4.46. The molecule has 6 heteroatoms. The second-order valence-electron chi connectivity index (χ2n) is 3.98. The van der Waals surface area contributed by atoms with Gasteiger partial charge in [-0.25, -0.2) is 4.39 Å². The predicted octanol–water partition coefficient (Wildman–Crippen LogP) is 2.48. The van der Waals surface area contributed by atoms with Crippen molar-refractivity contribution >= 4 is 11.7 Å². The Bertz CT molecular complexity index is 512. The molecule has 1 aromatic heterocycles. The molecule has 0 amide bonds. The zero-order chi connectivity index (χ0) is 13.7. The van der Waals surface area contributed by atoms with Crippen molar-refractivity contribution in [1.29, 1.82) is 0 Å². The molecule has 19 heavy (non-hydrogen) atoms. The summed E-state index contributed by atoms with van der Waals surface area (Å²) in [6.07, 6.45) is 0. The highest BCUT2D eigenvalue weighted by Gasteiger charge is 2.14. The number of aromatic nitrogens is 2. The molecule has 0 atom stereocenters. The third-order valence-electron chi connectivity index (χ3n) is 2.67. The fourth-order valence-electron chi connectivity index (χ4n) is 1.71. The first-order valence-electron chi connectivity index (χ1n) is 6.30. The zero-order valence-electron chi connectivity index (χ0n) is 11.1. The average Bonchev–Trinajstić information content (AvgIpc) is 2.88. The molecule has 0 bridgehead atoms. The van der Waals surface area contributed by atoms with Crippen molar-refractivity contribution in [2.45, 2.75) is 20.4 Å². The van der Waals surface area contributed by atoms with Crippen molar-refractivity contribution in [3.63, 3.8) is 0 Å². The molecule has 0 aliphatic carbocycles. The van der Waals surface area contributed by atoms with Gasteiger partial charge in [-0.05, 0) is 37.7 Å². The maximum absolute atomic E-state index is 12.9. The first-order chi connectivity index (χ1) is 9.24. The van der Waals surface area contributed by atoms with Crippen LogP contribution >= 0.6 is 0 Å². The smallest absolute Gasteiger partial charge is 0.322 e. The molecule has 0 saturated carbocycles. The van der Waals surface area contributed by atoms with E-state index in [-0.39, 0.29) is 5.82 Å². The van der Waals surface area contributed by atoms with Gasteiger partial charge < -0.3 is 9.73 Å². The number of nitrogens with zero attached hydrogens (tertiary/aromatic N) is 3. The van der Waals surface area contributed by atoms with Crippen LogP contribution in [0.3, 0.4) is 0 Å². The molecular weight excluding hydrogens is 247 g/mol. The normalized spacial score (nSPS) is 10.7. The quantitative estimate of drug-likeness (QED) is 0.868. The van der Waals surface area contributed by atoms with Gasteiger partial charge in [0.1, 0.15) is 5.82 Å². The molecule has 2 rings (SSSR count). The minimum atomic E-state index is -0.266. The van der Waals surface area contributed by atoms with Crippen LogP contribution in [0.2, 0.25) is 0 Å². The molecule has 0 saturated heterocycles. The van der Waals surface area contributed by atoms with Gasteiger partial charge in [-0.15, -0.1) is 5.10 Å². The SMILES string of the molecule is CCNCc1nnc(N(CC)c2ccc(F)cc2)o1. The van der Waals surface area contributed by atoms with E-state index in [1.54, 1.807) is 12.1 Å². The Morgan fingerprint density at radius 2 is 1.95 bits per heavy atom. The maximum atomic E-state index is 12.9. The molecule has 102 valence electrons. The molecule has 0 spiro atoms. The maximum Gasteiger partial charge on any atom is 0.322 e. The molecule has 5 nitrogen and oxygen atoms in total. The van der Waals surface area contributed by atoms with Gasteiger partial charge in [-0.1, -0.05) is 12.0 Å². The highest BCUT2D eigenvalue weighted by Crippen LogP contribution is 2.23. The summed E-state index contributed by atoms with van der Waals surface area (Å²) in [5, 5.41) is 11.1. The van der Waals surface area contributed by atoms with Crippen LogP contribution in [0.4, 0.5) is 16.1 Å². The number of halogens is 1. The molecule has 1 aromatic carbocycles. The van der Waals surface area contributed by atoms with Crippen LogP contribution < -0.4 is 10.2 Å². The standard InChI is InChI=1S/C13H17FN4O/c1-3-15-9-12-16-17-13(19-12)18(4-2)11-7-5-10(14)6-8-11/h5-8,15H,3-4,9H2,1-2H3. The van der Waals surface area contributed by atoms with E-state index in [1.807, 2.05) is 18.7 Å². The monoisotopic (exact) mass is 264 g/mol. The molecule has 0 radical (unpaired) electrons. The van der Waals surface area contributed by atoms with Gasteiger partial charge in [-0.2, -0.15) is 0 Å². The highest BCUT2D eigenvalue weighted by atomic mass is 19.1. The second-order valence-corrected chi connectivity index (χ2v) is 3.98. The van der Waals surface area contributed by atoms with E-state index >= 15 is 0 Å². The minimum Gasteiger partial charge on any atom is -0.406 e. The summed E-state index contributed by atoms with van der Waals surface area (Å²) < 4.78 is 18.5. The number of hydrogen-bond donors (Lipinski definition) is 1. The average molecular weight is 264 g/mol. The van der Waals surface area contributed by atoms with Gasteiger partial charge >= 0.3 is 6.01 Å². The molecule has 0 unspecified atom stereocenters. The van der Waals surface area contributed by atoms with E-state index in [4.69, 9.17) is 4.42 Å². The molecule has 2 aromatic rings. The number of benzene rings is 1. The lowest BCUT2D eigenvalue weighted by Crippen LogP contribution is -2.16. The van der Waals surface area contributed by atoms with Crippen molar-refractivity contribution in [2.24, 2.45) is 0 Å². The topological polar surface area (TPSA) is 54.2 Å². The van der Waals surface area contributed by atoms with Gasteiger partial charge in [0.15, 0.2) is 0 Å². The number of rotatable bonds is 6. The summed E-state index contributed by atoms with van der Waals surface area (Å²) in [4.78, 5) is 1.84. The van der Waals surface area contributed by atoms with Gasteiger partial charge in [0.25, 0.3) is 0 Å². The van der Waals surface area contributed by atoms with Crippen molar-refractivity contribution in [1.82, 2.24) is 15.5 Å². The third-order valence-corrected chi connectivity index (χ3v) is 2.67. The Hall–Kier alpha value is -1.95. The van der Waals surface area contributed by atoms with E-state index in [2.05, 4.69) is 15.5 Å². The van der Waals surface area contributed by atoms with Crippen molar-refractivity contribution in [2.75, 3.05) is 18.0 Å². The summed E-state index contributed by atoms with van der Waals surface area (Å²) in [5.74, 6) is 0.274. The Balaban J connectivity index is 2.17. The van der Waals surface area contributed by atoms with Crippen LogP contribution in [0.5, 0.6) is 0 Å². The van der Waals surface area contributed by atoms with E-state index in [9.17, 15) is 4.39 Å². The highest BCUT2D eigenvalue weighted by molar-refractivity contribution is 5.55. The molecular formula is C13H17FN4O. The van der Waals surface area contributed by atoms with Crippen molar-refractivity contribution in [3.8, 4) is 0 Å². The predicted molar refractivity (Wildman–Crippen MR) is 70.8 cm³/mol. The van der Waals surface area contributed by atoms with Crippen LogP contribution in [0.1, 0.15) is 19.7 Å². The summed E-state index contributed by atoms with van der Waals surface area (Å²) in [7, 11) is 0. The Labute approximate surface area is 111 Å². The summed E-state index contributed by atoms with van der Waals surface area (Å²) in [6.45, 7) is 6.03. The van der Waals surface area contributed by atoms with Gasteiger partial charge in [0.05, 0.1) is 6.54 Å². The molecule has 0 aliphatic heterocycles. The van der Waals surface area contributed by atoms with E-state index in [0.29, 0.717) is 25.0 Å². The van der Waals surface area contributed by atoms with E-state index in [0.717, 1.165) is 12.2 Å². The fourth-order valence-corrected chi connectivity index (χ4v) is 1.71.